The molecular formula is C28H29FO2. The van der Waals surface area contributed by atoms with E-state index in [1.165, 1.54) is 24.8 Å². The van der Waals surface area contributed by atoms with Crippen molar-refractivity contribution < 1.29 is 8.81 Å². The SMILES string of the molecule is CCCCCCCc1ccc2c(oc(=O)c3cc(-c4ccc(CC)cc4)ccc32)c1F. The number of halogens is 1. The summed E-state index contributed by atoms with van der Waals surface area (Å²) in [6.07, 6.45) is 7.27. The van der Waals surface area contributed by atoms with E-state index < -0.39 is 11.4 Å². The van der Waals surface area contributed by atoms with Crippen LogP contribution in [0.25, 0.3) is 32.9 Å². The smallest absolute Gasteiger partial charge is 0.344 e. The van der Waals surface area contributed by atoms with E-state index in [4.69, 9.17) is 4.42 Å². The zero-order valence-electron chi connectivity index (χ0n) is 18.3. The van der Waals surface area contributed by atoms with Crippen LogP contribution in [0.2, 0.25) is 0 Å². The monoisotopic (exact) mass is 416 g/mol. The predicted octanol–water partition coefficient (Wildman–Crippen LogP) is 7.83. The summed E-state index contributed by atoms with van der Waals surface area (Å²) < 4.78 is 20.6. The topological polar surface area (TPSA) is 30.2 Å². The molecule has 2 nitrogen and oxygen atoms in total. The lowest BCUT2D eigenvalue weighted by atomic mass is 9.98. The molecule has 1 aromatic heterocycles. The van der Waals surface area contributed by atoms with E-state index in [-0.39, 0.29) is 5.58 Å². The summed E-state index contributed by atoms with van der Waals surface area (Å²) in [5.41, 5.74) is 3.47. The van der Waals surface area contributed by atoms with E-state index in [1.807, 2.05) is 30.3 Å². The molecule has 0 fully saturated rings. The van der Waals surface area contributed by atoms with Gasteiger partial charge < -0.3 is 4.42 Å². The van der Waals surface area contributed by atoms with Gasteiger partial charge in [-0.1, -0.05) is 88.1 Å². The standard InChI is InChI=1S/C28H29FO2/c1-3-5-6-7-8-9-21-14-17-24-23-16-15-22(20-12-10-19(4-2)11-13-20)18-25(23)28(30)31-27(24)26(21)29/h10-18H,3-9H2,1-2H3. The highest BCUT2D eigenvalue weighted by atomic mass is 19.1. The summed E-state index contributed by atoms with van der Waals surface area (Å²) >= 11 is 0. The molecule has 0 aliphatic carbocycles. The molecule has 0 unspecified atom stereocenters. The van der Waals surface area contributed by atoms with Crippen molar-refractivity contribution in [2.45, 2.75) is 58.8 Å². The van der Waals surface area contributed by atoms with Crippen LogP contribution >= 0.6 is 0 Å². The largest absolute Gasteiger partial charge is 0.419 e. The molecule has 4 rings (SSSR count). The second-order valence-corrected chi connectivity index (χ2v) is 8.28. The highest BCUT2D eigenvalue weighted by Gasteiger charge is 2.15. The number of rotatable bonds is 8. The Morgan fingerprint density at radius 1 is 0.774 bits per heavy atom. The van der Waals surface area contributed by atoms with Crippen LogP contribution < -0.4 is 5.63 Å². The highest BCUT2D eigenvalue weighted by Crippen LogP contribution is 2.30. The van der Waals surface area contributed by atoms with Gasteiger partial charge in [0.15, 0.2) is 11.4 Å². The summed E-state index contributed by atoms with van der Waals surface area (Å²) in [6, 6.07) is 17.8. The summed E-state index contributed by atoms with van der Waals surface area (Å²) in [4.78, 5) is 12.7. The zero-order valence-corrected chi connectivity index (χ0v) is 18.3. The number of aryl methyl sites for hydroxylation is 2. The molecule has 3 heteroatoms. The van der Waals surface area contributed by atoms with E-state index in [1.54, 1.807) is 0 Å². The summed E-state index contributed by atoms with van der Waals surface area (Å²) in [7, 11) is 0. The fourth-order valence-corrected chi connectivity index (χ4v) is 4.23. The Balaban J connectivity index is 1.70. The van der Waals surface area contributed by atoms with Crippen LogP contribution in [-0.4, -0.2) is 0 Å². The van der Waals surface area contributed by atoms with E-state index in [2.05, 4.69) is 38.1 Å². The Kier molecular flexibility index (Phi) is 6.50. The van der Waals surface area contributed by atoms with Crippen LogP contribution in [0.4, 0.5) is 4.39 Å². The Hall–Kier alpha value is -2.94. The van der Waals surface area contributed by atoms with Gasteiger partial charge in [0.05, 0.1) is 5.39 Å². The van der Waals surface area contributed by atoms with Gasteiger partial charge in [0.1, 0.15) is 0 Å². The molecule has 0 aliphatic heterocycles. The number of hydrogen-bond donors (Lipinski definition) is 0. The van der Waals surface area contributed by atoms with Crippen molar-refractivity contribution in [1.82, 2.24) is 0 Å². The summed E-state index contributed by atoms with van der Waals surface area (Å²) in [6.45, 7) is 4.30. The average Bonchev–Trinajstić information content (AvgIpc) is 2.80. The fourth-order valence-electron chi connectivity index (χ4n) is 4.23. The first kappa shape index (κ1) is 21.3. The lowest BCUT2D eigenvalue weighted by Crippen LogP contribution is -2.03. The van der Waals surface area contributed by atoms with Crippen molar-refractivity contribution in [3.8, 4) is 11.1 Å². The van der Waals surface area contributed by atoms with Crippen molar-refractivity contribution in [3.63, 3.8) is 0 Å². The van der Waals surface area contributed by atoms with E-state index >= 15 is 4.39 Å². The van der Waals surface area contributed by atoms with Crippen molar-refractivity contribution in [3.05, 3.63) is 82.0 Å². The van der Waals surface area contributed by atoms with Crippen LogP contribution in [-0.2, 0) is 12.8 Å². The van der Waals surface area contributed by atoms with E-state index in [9.17, 15) is 4.79 Å². The normalized spacial score (nSPS) is 11.5. The Morgan fingerprint density at radius 2 is 1.48 bits per heavy atom. The van der Waals surface area contributed by atoms with Gasteiger partial charge in [0.25, 0.3) is 0 Å². The van der Waals surface area contributed by atoms with Gasteiger partial charge in [-0.25, -0.2) is 9.18 Å². The van der Waals surface area contributed by atoms with Gasteiger partial charge in [0, 0.05) is 10.8 Å². The third-order valence-electron chi connectivity index (χ3n) is 6.15. The molecule has 0 saturated carbocycles. The minimum Gasteiger partial charge on any atom is -0.419 e. The molecule has 3 aromatic carbocycles. The van der Waals surface area contributed by atoms with E-state index in [0.29, 0.717) is 22.8 Å². The molecule has 31 heavy (non-hydrogen) atoms. The Labute approximate surface area is 182 Å². The third-order valence-corrected chi connectivity index (χ3v) is 6.15. The number of fused-ring (bicyclic) bond motifs is 3. The van der Waals surface area contributed by atoms with Gasteiger partial charge in [-0.15, -0.1) is 0 Å². The molecule has 0 bridgehead atoms. The van der Waals surface area contributed by atoms with E-state index in [0.717, 1.165) is 35.8 Å². The molecule has 0 amide bonds. The average molecular weight is 417 g/mol. The molecule has 0 spiro atoms. The van der Waals surface area contributed by atoms with Crippen LogP contribution in [0.3, 0.4) is 0 Å². The fraction of sp³-hybridized carbons (Fsp3) is 0.321. The van der Waals surface area contributed by atoms with Gasteiger partial charge in [-0.3, -0.25) is 0 Å². The van der Waals surface area contributed by atoms with Gasteiger partial charge >= 0.3 is 5.63 Å². The number of unbranched alkanes of at least 4 members (excludes halogenated alkanes) is 4. The molecule has 0 N–H and O–H groups in total. The van der Waals surface area contributed by atoms with Crippen molar-refractivity contribution in [1.29, 1.82) is 0 Å². The van der Waals surface area contributed by atoms with Gasteiger partial charge in [-0.2, -0.15) is 0 Å². The second-order valence-electron chi connectivity index (χ2n) is 8.28. The van der Waals surface area contributed by atoms with Crippen molar-refractivity contribution in [2.75, 3.05) is 0 Å². The van der Waals surface area contributed by atoms with Crippen molar-refractivity contribution in [2.24, 2.45) is 0 Å². The molecule has 0 radical (unpaired) electrons. The third kappa shape index (κ3) is 4.41. The number of hydrogen-bond acceptors (Lipinski definition) is 2. The molecule has 4 aromatic rings. The van der Waals surface area contributed by atoms with Crippen molar-refractivity contribution >= 4 is 21.7 Å². The van der Waals surface area contributed by atoms with Crippen LogP contribution in [0.5, 0.6) is 0 Å². The Bertz CT molecular complexity index is 1250. The first-order valence-electron chi connectivity index (χ1n) is 11.4. The van der Waals surface area contributed by atoms with Crippen LogP contribution in [0.15, 0.2) is 63.8 Å². The molecule has 0 aliphatic rings. The Morgan fingerprint density at radius 3 is 2.23 bits per heavy atom. The maximum atomic E-state index is 15.1. The molecular weight excluding hydrogens is 387 g/mol. The minimum absolute atomic E-state index is 0.0728. The maximum absolute atomic E-state index is 15.1. The minimum atomic E-state index is -0.492. The lowest BCUT2D eigenvalue weighted by molar-refractivity contribution is 0.521. The molecule has 0 saturated heterocycles. The predicted molar refractivity (Wildman–Crippen MR) is 127 cm³/mol. The van der Waals surface area contributed by atoms with Crippen LogP contribution in [0, 0.1) is 5.82 Å². The first-order chi connectivity index (χ1) is 15.1. The molecule has 1 heterocycles. The first-order valence-corrected chi connectivity index (χ1v) is 11.4. The zero-order chi connectivity index (χ0) is 21.8. The number of benzene rings is 3. The maximum Gasteiger partial charge on any atom is 0.344 e. The highest BCUT2D eigenvalue weighted by molar-refractivity contribution is 6.05. The van der Waals surface area contributed by atoms with Gasteiger partial charge in [-0.05, 0) is 47.6 Å². The second kappa shape index (κ2) is 9.47. The van der Waals surface area contributed by atoms with Crippen LogP contribution in [0.1, 0.15) is 57.1 Å². The summed E-state index contributed by atoms with van der Waals surface area (Å²) in [5.74, 6) is -0.397. The lowest BCUT2D eigenvalue weighted by Gasteiger charge is -2.09. The summed E-state index contributed by atoms with van der Waals surface area (Å²) in [5, 5.41) is 1.86. The van der Waals surface area contributed by atoms with Gasteiger partial charge in [0.2, 0.25) is 0 Å². The molecule has 0 atom stereocenters. The molecule has 160 valence electrons. The quantitative estimate of drug-likeness (QED) is 0.166.